The van der Waals surface area contributed by atoms with Crippen molar-refractivity contribution in [2.45, 2.75) is 0 Å². The molecule has 0 aliphatic heterocycles. The van der Waals surface area contributed by atoms with E-state index in [-0.39, 0.29) is 18.4 Å². The Morgan fingerprint density at radius 2 is 1.39 bits per heavy atom. The molecule has 28 heavy (non-hydrogen) atoms. The number of rotatable bonds is 7. The Bertz CT molecular complexity index is 940. The molecule has 0 aliphatic rings. The van der Waals surface area contributed by atoms with Crippen LogP contribution in [0.25, 0.3) is 0 Å². The number of hydrogen-bond donors (Lipinski definition) is 2. The summed E-state index contributed by atoms with van der Waals surface area (Å²) >= 11 is 0. The van der Waals surface area contributed by atoms with Crippen molar-refractivity contribution < 1.29 is 19.1 Å². The molecule has 3 aromatic rings. The van der Waals surface area contributed by atoms with Crippen LogP contribution in [0, 0.1) is 0 Å². The Balaban J connectivity index is 1.54. The second-order valence-electron chi connectivity index (χ2n) is 5.85. The van der Waals surface area contributed by atoms with Gasteiger partial charge in [-0.2, -0.15) is 0 Å². The number of carbonyl (C=O) groups is 2. The minimum absolute atomic E-state index is 0.180. The lowest BCUT2D eigenvalue weighted by Crippen LogP contribution is -2.24. The fourth-order valence-corrected chi connectivity index (χ4v) is 2.49. The van der Waals surface area contributed by atoms with Crippen LogP contribution in [0.3, 0.4) is 0 Å². The molecule has 142 valence electrons. The molecule has 6 heteroatoms. The molecular weight excluding hydrogens is 356 g/mol. The molecule has 0 spiro atoms. The van der Waals surface area contributed by atoms with Crippen molar-refractivity contribution in [3.8, 4) is 17.2 Å². The number of carbonyl (C=O) groups excluding carboxylic acids is 2. The van der Waals surface area contributed by atoms with Crippen LogP contribution in [0.2, 0.25) is 0 Å². The summed E-state index contributed by atoms with van der Waals surface area (Å²) < 4.78 is 11.2. The van der Waals surface area contributed by atoms with Crippen molar-refractivity contribution in [2.24, 2.45) is 0 Å². The van der Waals surface area contributed by atoms with Gasteiger partial charge in [0.05, 0.1) is 11.3 Å². The summed E-state index contributed by atoms with van der Waals surface area (Å²) in [6.45, 7) is -0.180. The van der Waals surface area contributed by atoms with Crippen molar-refractivity contribution in [3.05, 3.63) is 84.4 Å². The molecule has 0 saturated heterocycles. The normalized spacial score (nSPS) is 10.0. The van der Waals surface area contributed by atoms with Crippen LogP contribution in [-0.4, -0.2) is 25.5 Å². The van der Waals surface area contributed by atoms with Gasteiger partial charge in [-0.1, -0.05) is 30.3 Å². The molecule has 0 unspecified atom stereocenters. The minimum atomic E-state index is -0.360. The summed E-state index contributed by atoms with van der Waals surface area (Å²) in [6.07, 6.45) is 0. The van der Waals surface area contributed by atoms with Crippen molar-refractivity contribution in [1.29, 1.82) is 0 Å². The minimum Gasteiger partial charge on any atom is -0.484 e. The molecule has 2 N–H and O–H groups in total. The van der Waals surface area contributed by atoms with E-state index < -0.39 is 0 Å². The van der Waals surface area contributed by atoms with Gasteiger partial charge in [0.15, 0.2) is 6.61 Å². The number of anilines is 1. The van der Waals surface area contributed by atoms with E-state index in [0.29, 0.717) is 22.7 Å². The molecule has 6 nitrogen and oxygen atoms in total. The van der Waals surface area contributed by atoms with Crippen molar-refractivity contribution in [1.82, 2.24) is 5.32 Å². The summed E-state index contributed by atoms with van der Waals surface area (Å²) in [5, 5.41) is 5.23. The first kappa shape index (κ1) is 19.0. The number of amides is 2. The molecule has 0 radical (unpaired) electrons. The van der Waals surface area contributed by atoms with E-state index in [1.807, 2.05) is 30.3 Å². The zero-order chi connectivity index (χ0) is 19.8. The van der Waals surface area contributed by atoms with Crippen LogP contribution < -0.4 is 20.1 Å². The summed E-state index contributed by atoms with van der Waals surface area (Å²) in [5.74, 6) is 1.31. The van der Waals surface area contributed by atoms with E-state index in [4.69, 9.17) is 9.47 Å². The van der Waals surface area contributed by atoms with Crippen molar-refractivity contribution in [2.75, 3.05) is 19.0 Å². The molecular formula is C22H20N2O4. The van der Waals surface area contributed by atoms with Crippen LogP contribution >= 0.6 is 0 Å². The van der Waals surface area contributed by atoms with Gasteiger partial charge >= 0.3 is 0 Å². The lowest BCUT2D eigenvalue weighted by molar-refractivity contribution is -0.118. The van der Waals surface area contributed by atoms with Gasteiger partial charge in [0, 0.05) is 7.05 Å². The second kappa shape index (κ2) is 9.23. The predicted molar refractivity (Wildman–Crippen MR) is 107 cm³/mol. The van der Waals surface area contributed by atoms with Gasteiger partial charge in [-0.15, -0.1) is 0 Å². The third kappa shape index (κ3) is 5.11. The van der Waals surface area contributed by atoms with Gasteiger partial charge in [0.1, 0.15) is 17.2 Å². The van der Waals surface area contributed by atoms with Crippen LogP contribution in [-0.2, 0) is 4.79 Å². The Morgan fingerprint density at radius 3 is 2.11 bits per heavy atom. The molecule has 2 amide bonds. The summed E-state index contributed by atoms with van der Waals surface area (Å²) in [7, 11) is 1.54. The standard InChI is InChI=1S/C22H20N2O4/c1-23-22(26)19-9-5-6-10-20(19)24-21(25)15-27-16-11-13-18(14-12-16)28-17-7-3-2-4-8-17/h2-14H,15H2,1H3,(H,23,26)(H,24,25). The number of nitrogens with one attached hydrogen (secondary N) is 2. The lowest BCUT2D eigenvalue weighted by atomic mass is 10.1. The van der Waals surface area contributed by atoms with E-state index in [2.05, 4.69) is 10.6 Å². The largest absolute Gasteiger partial charge is 0.484 e. The third-order valence-electron chi connectivity index (χ3n) is 3.85. The van der Waals surface area contributed by atoms with Gasteiger partial charge in [-0.05, 0) is 48.5 Å². The van der Waals surface area contributed by atoms with E-state index in [1.54, 1.807) is 48.5 Å². The smallest absolute Gasteiger partial charge is 0.262 e. The highest BCUT2D eigenvalue weighted by atomic mass is 16.5. The molecule has 3 aromatic carbocycles. The van der Waals surface area contributed by atoms with Gasteiger partial charge in [0.2, 0.25) is 0 Å². The molecule has 0 bridgehead atoms. The molecule has 0 heterocycles. The molecule has 0 aromatic heterocycles. The fourth-order valence-electron chi connectivity index (χ4n) is 2.49. The fraction of sp³-hybridized carbons (Fsp3) is 0.0909. The average Bonchev–Trinajstić information content (AvgIpc) is 2.74. The van der Waals surface area contributed by atoms with E-state index in [0.717, 1.165) is 5.75 Å². The van der Waals surface area contributed by atoms with Gasteiger partial charge in [0.25, 0.3) is 11.8 Å². The molecule has 3 rings (SSSR count). The lowest BCUT2D eigenvalue weighted by Gasteiger charge is -2.11. The highest BCUT2D eigenvalue weighted by Crippen LogP contribution is 2.23. The predicted octanol–water partition coefficient (Wildman–Crippen LogP) is 3.86. The Labute approximate surface area is 163 Å². The van der Waals surface area contributed by atoms with Gasteiger partial charge < -0.3 is 20.1 Å². The topological polar surface area (TPSA) is 76.7 Å². The Kier molecular flexibility index (Phi) is 6.25. The summed E-state index contributed by atoms with van der Waals surface area (Å²) in [5.41, 5.74) is 0.822. The van der Waals surface area contributed by atoms with Crippen LogP contribution in [0.4, 0.5) is 5.69 Å². The molecule has 0 saturated carbocycles. The maximum atomic E-state index is 12.2. The van der Waals surface area contributed by atoms with Crippen LogP contribution in [0.15, 0.2) is 78.9 Å². The highest BCUT2D eigenvalue weighted by molar-refractivity contribution is 6.03. The summed E-state index contributed by atoms with van der Waals surface area (Å²) in [6, 6.07) is 23.2. The number of ether oxygens (including phenoxy) is 2. The zero-order valence-corrected chi connectivity index (χ0v) is 15.3. The van der Waals surface area contributed by atoms with Gasteiger partial charge in [-0.3, -0.25) is 9.59 Å². The Morgan fingerprint density at radius 1 is 0.786 bits per heavy atom. The SMILES string of the molecule is CNC(=O)c1ccccc1NC(=O)COc1ccc(Oc2ccccc2)cc1. The van der Waals surface area contributed by atoms with Crippen LogP contribution in [0.5, 0.6) is 17.2 Å². The van der Waals surface area contributed by atoms with Gasteiger partial charge in [-0.25, -0.2) is 0 Å². The van der Waals surface area contributed by atoms with E-state index >= 15 is 0 Å². The second-order valence-corrected chi connectivity index (χ2v) is 5.85. The average molecular weight is 376 g/mol. The maximum Gasteiger partial charge on any atom is 0.262 e. The van der Waals surface area contributed by atoms with E-state index in [1.165, 1.54) is 7.05 Å². The number of benzene rings is 3. The van der Waals surface area contributed by atoms with Crippen molar-refractivity contribution >= 4 is 17.5 Å². The quantitative estimate of drug-likeness (QED) is 0.657. The number of para-hydroxylation sites is 2. The first-order valence-electron chi connectivity index (χ1n) is 8.72. The Hall–Kier alpha value is -3.80. The first-order valence-corrected chi connectivity index (χ1v) is 8.72. The van der Waals surface area contributed by atoms with E-state index in [9.17, 15) is 9.59 Å². The zero-order valence-electron chi connectivity index (χ0n) is 15.3. The molecule has 0 atom stereocenters. The van der Waals surface area contributed by atoms with Crippen LogP contribution in [0.1, 0.15) is 10.4 Å². The molecule has 0 aliphatic carbocycles. The third-order valence-corrected chi connectivity index (χ3v) is 3.85. The maximum absolute atomic E-state index is 12.2. The highest BCUT2D eigenvalue weighted by Gasteiger charge is 2.12. The van der Waals surface area contributed by atoms with Crippen molar-refractivity contribution in [3.63, 3.8) is 0 Å². The summed E-state index contributed by atoms with van der Waals surface area (Å²) in [4.78, 5) is 24.0. The monoisotopic (exact) mass is 376 g/mol. The first-order chi connectivity index (χ1) is 13.7. The molecule has 0 fully saturated rings. The number of hydrogen-bond acceptors (Lipinski definition) is 4.